The van der Waals surface area contributed by atoms with Crippen molar-refractivity contribution in [1.82, 2.24) is 0 Å². The zero-order valence-corrected chi connectivity index (χ0v) is 8.74. The summed E-state index contributed by atoms with van der Waals surface area (Å²) in [7, 11) is 0. The van der Waals surface area contributed by atoms with E-state index in [0.717, 1.165) is 6.54 Å². The molecule has 12 heavy (non-hydrogen) atoms. The number of nitrogens with one attached hydrogen (secondary N) is 1. The fraction of sp³-hybridized carbons (Fsp3) is 0.400. The predicted molar refractivity (Wildman–Crippen MR) is 55.7 cm³/mol. The van der Waals surface area contributed by atoms with Crippen LogP contribution in [0.25, 0.3) is 0 Å². The minimum Gasteiger partial charge on any atom is -0.385 e. The monoisotopic (exact) mass is 225 g/mol. The minimum absolute atomic E-state index is 1.12. The number of benzene rings is 1. The van der Waals surface area contributed by atoms with Gasteiger partial charge in [-0.1, -0.05) is 15.9 Å². The molecule has 1 N–H and O–H groups in total. The molecule has 1 aromatic carbocycles. The van der Waals surface area contributed by atoms with Gasteiger partial charge in [-0.15, -0.1) is 0 Å². The first-order chi connectivity index (χ1) is 5.79. The average molecular weight is 226 g/mol. The Morgan fingerprint density at radius 3 is 3.08 bits per heavy atom. The van der Waals surface area contributed by atoms with E-state index in [1.54, 1.807) is 0 Å². The molecular weight excluding hydrogens is 214 g/mol. The maximum Gasteiger partial charge on any atom is 0.0376 e. The van der Waals surface area contributed by atoms with Gasteiger partial charge in [-0.25, -0.2) is 0 Å². The van der Waals surface area contributed by atoms with Gasteiger partial charge >= 0.3 is 0 Å². The zero-order chi connectivity index (χ0) is 8.55. The van der Waals surface area contributed by atoms with Crippen LogP contribution in [0.5, 0.6) is 0 Å². The number of hydrogen-bond acceptors (Lipinski definition) is 1. The second-order valence-electron chi connectivity index (χ2n) is 3.23. The molecule has 2 heteroatoms. The van der Waals surface area contributed by atoms with Crippen molar-refractivity contribution in [1.29, 1.82) is 0 Å². The molecule has 2 rings (SSSR count). The van der Waals surface area contributed by atoms with Crippen molar-refractivity contribution >= 4 is 21.6 Å². The van der Waals surface area contributed by atoms with Gasteiger partial charge in [0.25, 0.3) is 0 Å². The van der Waals surface area contributed by atoms with E-state index in [0.29, 0.717) is 0 Å². The Morgan fingerprint density at radius 1 is 1.42 bits per heavy atom. The van der Waals surface area contributed by atoms with E-state index in [2.05, 4.69) is 40.3 Å². The number of rotatable bonds is 0. The number of halogens is 1. The zero-order valence-electron chi connectivity index (χ0n) is 7.15. The molecule has 0 aliphatic carbocycles. The summed E-state index contributed by atoms with van der Waals surface area (Å²) in [5.41, 5.74) is 4.19. The van der Waals surface area contributed by atoms with Gasteiger partial charge in [0.05, 0.1) is 0 Å². The Balaban J connectivity index is 2.54. The molecule has 1 aromatic rings. The Bertz CT molecular complexity index is 307. The Kier molecular flexibility index (Phi) is 2.09. The van der Waals surface area contributed by atoms with E-state index in [1.165, 1.54) is 34.1 Å². The maximum absolute atomic E-state index is 3.55. The van der Waals surface area contributed by atoms with E-state index in [4.69, 9.17) is 0 Å². The van der Waals surface area contributed by atoms with Crippen molar-refractivity contribution in [3.05, 3.63) is 27.7 Å². The number of anilines is 1. The largest absolute Gasteiger partial charge is 0.385 e. The average Bonchev–Trinajstić information content (AvgIpc) is 2.12. The summed E-state index contributed by atoms with van der Waals surface area (Å²) in [6, 6.07) is 4.28. The van der Waals surface area contributed by atoms with Crippen molar-refractivity contribution in [2.24, 2.45) is 0 Å². The molecule has 0 amide bonds. The van der Waals surface area contributed by atoms with Crippen LogP contribution in [0.3, 0.4) is 0 Å². The van der Waals surface area contributed by atoms with Gasteiger partial charge < -0.3 is 5.32 Å². The van der Waals surface area contributed by atoms with E-state index in [-0.39, 0.29) is 0 Å². The minimum atomic E-state index is 1.12. The van der Waals surface area contributed by atoms with Crippen molar-refractivity contribution in [3.8, 4) is 0 Å². The smallest absolute Gasteiger partial charge is 0.0376 e. The van der Waals surface area contributed by atoms with Crippen molar-refractivity contribution < 1.29 is 0 Å². The summed E-state index contributed by atoms with van der Waals surface area (Å²) in [6.45, 7) is 3.30. The van der Waals surface area contributed by atoms with Crippen LogP contribution in [0.2, 0.25) is 0 Å². The molecule has 1 nitrogen and oxygen atoms in total. The molecule has 0 atom stereocenters. The molecule has 0 saturated carbocycles. The van der Waals surface area contributed by atoms with E-state index in [9.17, 15) is 0 Å². The van der Waals surface area contributed by atoms with Gasteiger partial charge in [0.15, 0.2) is 0 Å². The molecule has 1 aliphatic rings. The van der Waals surface area contributed by atoms with Crippen LogP contribution < -0.4 is 5.32 Å². The lowest BCUT2D eigenvalue weighted by Gasteiger charge is -2.20. The van der Waals surface area contributed by atoms with Crippen molar-refractivity contribution in [2.75, 3.05) is 11.9 Å². The summed E-state index contributed by atoms with van der Waals surface area (Å²) in [5.74, 6) is 0. The van der Waals surface area contributed by atoms with E-state index in [1.807, 2.05) is 0 Å². The molecule has 0 saturated heterocycles. The van der Waals surface area contributed by atoms with Crippen LogP contribution in [-0.4, -0.2) is 6.54 Å². The SMILES string of the molecule is Cc1c(Br)ccc2c1CCCN2. The standard InChI is InChI=1S/C10H12BrN/c1-7-8-3-2-6-12-10(8)5-4-9(7)11/h4-5,12H,2-3,6H2,1H3. The molecule has 64 valence electrons. The summed E-state index contributed by atoms with van der Waals surface area (Å²) >= 11 is 3.55. The molecule has 0 aromatic heterocycles. The molecule has 1 aliphatic heterocycles. The third-order valence-corrected chi connectivity index (χ3v) is 3.31. The van der Waals surface area contributed by atoms with Crippen LogP contribution in [0.4, 0.5) is 5.69 Å². The van der Waals surface area contributed by atoms with E-state index < -0.39 is 0 Å². The highest BCUT2D eigenvalue weighted by Crippen LogP contribution is 2.29. The normalized spacial score (nSPS) is 15.2. The highest BCUT2D eigenvalue weighted by molar-refractivity contribution is 9.10. The third kappa shape index (κ3) is 1.24. The molecule has 0 unspecified atom stereocenters. The first kappa shape index (κ1) is 8.11. The van der Waals surface area contributed by atoms with Gasteiger partial charge in [0, 0.05) is 16.7 Å². The lowest BCUT2D eigenvalue weighted by molar-refractivity contribution is 0.823. The molecular formula is C10H12BrN. The fourth-order valence-corrected chi connectivity index (χ4v) is 2.08. The van der Waals surface area contributed by atoms with Gasteiger partial charge in [-0.05, 0) is 43.0 Å². The molecule has 0 radical (unpaired) electrons. The third-order valence-electron chi connectivity index (χ3n) is 2.45. The van der Waals surface area contributed by atoms with Crippen LogP contribution in [-0.2, 0) is 6.42 Å². The highest BCUT2D eigenvalue weighted by Gasteiger charge is 2.11. The summed E-state index contributed by atoms with van der Waals surface area (Å²) < 4.78 is 1.23. The topological polar surface area (TPSA) is 12.0 Å². The van der Waals surface area contributed by atoms with Crippen molar-refractivity contribution in [2.45, 2.75) is 19.8 Å². The first-order valence-corrected chi connectivity index (χ1v) is 5.10. The fourth-order valence-electron chi connectivity index (χ4n) is 1.70. The summed E-state index contributed by atoms with van der Waals surface area (Å²) in [6.07, 6.45) is 2.47. The maximum atomic E-state index is 3.55. The second kappa shape index (κ2) is 3.09. The van der Waals surface area contributed by atoms with Crippen LogP contribution in [0.1, 0.15) is 17.5 Å². The van der Waals surface area contributed by atoms with Crippen LogP contribution in [0.15, 0.2) is 16.6 Å². The lowest BCUT2D eigenvalue weighted by atomic mass is 9.99. The van der Waals surface area contributed by atoms with Crippen molar-refractivity contribution in [3.63, 3.8) is 0 Å². The number of hydrogen-bond donors (Lipinski definition) is 1. The number of fused-ring (bicyclic) bond motifs is 1. The van der Waals surface area contributed by atoms with Crippen LogP contribution in [0, 0.1) is 6.92 Å². The Morgan fingerprint density at radius 2 is 2.25 bits per heavy atom. The molecule has 0 spiro atoms. The summed E-state index contributed by atoms with van der Waals surface area (Å²) in [5, 5.41) is 3.41. The summed E-state index contributed by atoms with van der Waals surface area (Å²) in [4.78, 5) is 0. The predicted octanol–water partition coefficient (Wildman–Crippen LogP) is 3.12. The molecule has 1 heterocycles. The van der Waals surface area contributed by atoms with Crippen LogP contribution >= 0.6 is 15.9 Å². The van der Waals surface area contributed by atoms with Gasteiger partial charge in [0.1, 0.15) is 0 Å². The quantitative estimate of drug-likeness (QED) is 0.716. The molecule has 0 bridgehead atoms. The second-order valence-corrected chi connectivity index (χ2v) is 4.08. The first-order valence-electron chi connectivity index (χ1n) is 4.31. The Hall–Kier alpha value is -0.500. The van der Waals surface area contributed by atoms with Gasteiger partial charge in [-0.3, -0.25) is 0 Å². The van der Waals surface area contributed by atoms with E-state index >= 15 is 0 Å². The van der Waals surface area contributed by atoms with Gasteiger partial charge in [0.2, 0.25) is 0 Å². The van der Waals surface area contributed by atoms with Gasteiger partial charge in [-0.2, -0.15) is 0 Å². The highest BCUT2D eigenvalue weighted by atomic mass is 79.9. The Labute approximate surface area is 81.3 Å². The lowest BCUT2D eigenvalue weighted by Crippen LogP contribution is -2.12. The molecule has 0 fully saturated rings.